The summed E-state index contributed by atoms with van der Waals surface area (Å²) in [5.74, 6) is 1.58. The van der Waals surface area contributed by atoms with Gasteiger partial charge in [-0.25, -0.2) is 0 Å². The van der Waals surface area contributed by atoms with Crippen molar-refractivity contribution in [2.24, 2.45) is 10.9 Å². The fraction of sp³-hybridized carbons (Fsp3) is 0.947. The number of halogens is 1. The lowest BCUT2D eigenvalue weighted by Crippen LogP contribution is -2.38. The third-order valence-corrected chi connectivity index (χ3v) is 4.79. The van der Waals surface area contributed by atoms with E-state index in [0.29, 0.717) is 12.0 Å². The molecule has 1 fully saturated rings. The minimum atomic E-state index is 0. The molecule has 1 aliphatic heterocycles. The van der Waals surface area contributed by atoms with E-state index in [4.69, 9.17) is 9.47 Å². The number of unbranched alkanes of at least 4 members (excludes halogenated alkanes) is 1. The molecule has 1 aliphatic rings. The topological polar surface area (TPSA) is 58.1 Å². The number of aliphatic imine (C=N–C) groups is 1. The van der Waals surface area contributed by atoms with E-state index < -0.39 is 0 Å². The quantitative estimate of drug-likeness (QED) is 0.193. The minimum Gasteiger partial charge on any atom is -0.381 e. The molecule has 1 heterocycles. The molecular formula is C19H41IN4O2. The monoisotopic (exact) mass is 484 g/mol. The Hall–Kier alpha value is -0.120. The fourth-order valence-corrected chi connectivity index (χ4v) is 2.72. The Bertz CT molecular complexity index is 350. The van der Waals surface area contributed by atoms with Gasteiger partial charge in [-0.15, -0.1) is 24.0 Å². The number of rotatable bonds is 12. The normalized spacial score (nSPS) is 16.0. The summed E-state index contributed by atoms with van der Waals surface area (Å²) in [6, 6.07) is 0.621. The first-order valence-electron chi connectivity index (χ1n) is 9.93. The van der Waals surface area contributed by atoms with Crippen LogP contribution in [0.1, 0.15) is 46.0 Å². The molecule has 0 aromatic carbocycles. The summed E-state index contributed by atoms with van der Waals surface area (Å²) in [5, 5.41) is 6.73. The fourth-order valence-electron chi connectivity index (χ4n) is 2.72. The van der Waals surface area contributed by atoms with Crippen molar-refractivity contribution < 1.29 is 9.47 Å². The molecule has 0 aliphatic carbocycles. The van der Waals surface area contributed by atoms with Crippen LogP contribution in [0, 0.1) is 5.92 Å². The summed E-state index contributed by atoms with van der Waals surface area (Å²) in [6.07, 6.45) is 5.65. The van der Waals surface area contributed by atoms with Crippen molar-refractivity contribution in [1.82, 2.24) is 15.5 Å². The van der Waals surface area contributed by atoms with E-state index in [9.17, 15) is 0 Å². The van der Waals surface area contributed by atoms with Crippen LogP contribution in [0.15, 0.2) is 4.99 Å². The van der Waals surface area contributed by atoms with Crippen LogP contribution in [-0.2, 0) is 9.47 Å². The molecule has 1 rings (SSSR count). The van der Waals surface area contributed by atoms with Crippen molar-refractivity contribution in [3.63, 3.8) is 0 Å². The number of hydrogen-bond donors (Lipinski definition) is 2. The average Bonchev–Trinajstić information content (AvgIpc) is 2.63. The third-order valence-electron chi connectivity index (χ3n) is 4.79. The predicted molar refractivity (Wildman–Crippen MR) is 121 cm³/mol. The third kappa shape index (κ3) is 13.1. The molecule has 6 nitrogen and oxygen atoms in total. The van der Waals surface area contributed by atoms with Crippen molar-refractivity contribution in [2.75, 3.05) is 60.2 Å². The maximum atomic E-state index is 5.78. The van der Waals surface area contributed by atoms with Crippen LogP contribution in [0.4, 0.5) is 0 Å². The van der Waals surface area contributed by atoms with E-state index >= 15 is 0 Å². The number of guanidine groups is 1. The van der Waals surface area contributed by atoms with E-state index in [2.05, 4.69) is 41.4 Å². The highest BCUT2D eigenvalue weighted by Gasteiger charge is 2.13. The SMILES string of the molecule is CN=C(NCCCCN(C)C(C)C)NCCCOCC1CCOCC1.I. The molecule has 0 bridgehead atoms. The van der Waals surface area contributed by atoms with Gasteiger partial charge in [0.1, 0.15) is 0 Å². The highest BCUT2D eigenvalue weighted by molar-refractivity contribution is 14.0. The summed E-state index contributed by atoms with van der Waals surface area (Å²) in [7, 11) is 4.01. The van der Waals surface area contributed by atoms with E-state index in [0.717, 1.165) is 77.7 Å². The van der Waals surface area contributed by atoms with E-state index in [-0.39, 0.29) is 24.0 Å². The maximum absolute atomic E-state index is 5.78. The van der Waals surface area contributed by atoms with Crippen molar-refractivity contribution in [3.05, 3.63) is 0 Å². The van der Waals surface area contributed by atoms with Crippen LogP contribution >= 0.6 is 24.0 Å². The molecule has 0 amide bonds. The van der Waals surface area contributed by atoms with Crippen molar-refractivity contribution in [3.8, 4) is 0 Å². The average molecular weight is 484 g/mol. The molecule has 26 heavy (non-hydrogen) atoms. The second kappa shape index (κ2) is 17.0. The van der Waals surface area contributed by atoms with Gasteiger partial charge in [0.2, 0.25) is 0 Å². The second-order valence-corrected chi connectivity index (χ2v) is 7.19. The van der Waals surface area contributed by atoms with Crippen LogP contribution in [0.5, 0.6) is 0 Å². The van der Waals surface area contributed by atoms with Gasteiger partial charge in [0.05, 0.1) is 0 Å². The standard InChI is InChI=1S/C19H40N4O2.HI/c1-17(2)23(4)12-6-5-10-21-19(20-3)22-11-7-13-25-16-18-8-14-24-15-9-18;/h17-18H,5-16H2,1-4H3,(H2,20,21,22);1H. The van der Waals surface area contributed by atoms with E-state index in [1.807, 2.05) is 7.05 Å². The summed E-state index contributed by atoms with van der Waals surface area (Å²) in [4.78, 5) is 6.65. The van der Waals surface area contributed by atoms with Crippen LogP contribution in [0.2, 0.25) is 0 Å². The molecule has 0 aromatic heterocycles. The zero-order valence-corrected chi connectivity index (χ0v) is 19.6. The first-order chi connectivity index (χ1) is 12.1. The van der Waals surface area contributed by atoms with Gasteiger partial charge in [0.25, 0.3) is 0 Å². The number of ether oxygens (including phenoxy) is 2. The molecule has 1 saturated heterocycles. The van der Waals surface area contributed by atoms with Gasteiger partial charge in [-0.1, -0.05) is 0 Å². The zero-order chi connectivity index (χ0) is 18.3. The number of hydrogen-bond acceptors (Lipinski definition) is 4. The van der Waals surface area contributed by atoms with Crippen LogP contribution in [-0.4, -0.2) is 77.1 Å². The first-order valence-corrected chi connectivity index (χ1v) is 9.93. The van der Waals surface area contributed by atoms with Crippen molar-refractivity contribution >= 4 is 29.9 Å². The Morgan fingerprint density at radius 3 is 2.42 bits per heavy atom. The molecule has 0 atom stereocenters. The Labute approximate surface area is 177 Å². The molecule has 0 aromatic rings. The number of nitrogens with zero attached hydrogens (tertiary/aromatic N) is 2. The molecule has 156 valence electrons. The smallest absolute Gasteiger partial charge is 0.190 e. The van der Waals surface area contributed by atoms with Crippen molar-refractivity contribution in [1.29, 1.82) is 0 Å². The van der Waals surface area contributed by atoms with Gasteiger partial charge < -0.3 is 25.0 Å². The van der Waals surface area contributed by atoms with Gasteiger partial charge in [-0.2, -0.15) is 0 Å². The minimum absolute atomic E-state index is 0. The number of nitrogens with one attached hydrogen (secondary N) is 2. The van der Waals surface area contributed by atoms with Crippen LogP contribution in [0.3, 0.4) is 0 Å². The molecule has 0 unspecified atom stereocenters. The van der Waals surface area contributed by atoms with Gasteiger partial charge >= 0.3 is 0 Å². The summed E-state index contributed by atoms with van der Waals surface area (Å²) >= 11 is 0. The summed E-state index contributed by atoms with van der Waals surface area (Å²) in [6.45, 7) is 10.9. The van der Waals surface area contributed by atoms with Gasteiger partial charge in [0, 0.05) is 52.6 Å². The second-order valence-electron chi connectivity index (χ2n) is 7.19. The maximum Gasteiger partial charge on any atom is 0.190 e. The Morgan fingerprint density at radius 1 is 1.15 bits per heavy atom. The summed E-state index contributed by atoms with van der Waals surface area (Å²) in [5.41, 5.74) is 0. The highest BCUT2D eigenvalue weighted by Crippen LogP contribution is 2.14. The van der Waals surface area contributed by atoms with Crippen LogP contribution < -0.4 is 10.6 Å². The molecule has 0 radical (unpaired) electrons. The molecule has 7 heteroatoms. The van der Waals surface area contributed by atoms with E-state index in [1.165, 1.54) is 6.42 Å². The lowest BCUT2D eigenvalue weighted by atomic mass is 10.0. The lowest BCUT2D eigenvalue weighted by Gasteiger charge is -2.21. The van der Waals surface area contributed by atoms with Gasteiger partial charge in [0.15, 0.2) is 5.96 Å². The Morgan fingerprint density at radius 2 is 1.81 bits per heavy atom. The predicted octanol–water partition coefficient (Wildman–Crippen LogP) is 2.72. The first kappa shape index (κ1) is 25.9. The molecule has 2 N–H and O–H groups in total. The van der Waals surface area contributed by atoms with Gasteiger partial charge in [-0.05, 0) is 65.5 Å². The summed E-state index contributed by atoms with van der Waals surface area (Å²) < 4.78 is 11.1. The van der Waals surface area contributed by atoms with Gasteiger partial charge in [-0.3, -0.25) is 4.99 Å². The van der Waals surface area contributed by atoms with E-state index in [1.54, 1.807) is 0 Å². The van der Waals surface area contributed by atoms with Crippen molar-refractivity contribution in [2.45, 2.75) is 52.0 Å². The van der Waals surface area contributed by atoms with Crippen LogP contribution in [0.25, 0.3) is 0 Å². The molecule has 0 saturated carbocycles. The molecular weight excluding hydrogens is 443 g/mol. The lowest BCUT2D eigenvalue weighted by molar-refractivity contribution is 0.0203. The highest BCUT2D eigenvalue weighted by atomic mass is 127. The Kier molecular flexibility index (Phi) is 16.9. The Balaban J connectivity index is 0.00000625. The largest absolute Gasteiger partial charge is 0.381 e. The molecule has 0 spiro atoms. The zero-order valence-electron chi connectivity index (χ0n) is 17.3.